The molecule has 0 saturated heterocycles. The number of hydrogen-bond donors (Lipinski definition) is 3. The van der Waals surface area contributed by atoms with Crippen LogP contribution in [0.25, 0.3) is 11.0 Å². The number of anilines is 2. The molecule has 126 valence electrons. The van der Waals surface area contributed by atoms with E-state index in [9.17, 15) is 13.2 Å². The normalized spacial score (nSPS) is 11.7. The van der Waals surface area contributed by atoms with E-state index in [-0.39, 0.29) is 5.15 Å². The van der Waals surface area contributed by atoms with Crippen molar-refractivity contribution in [3.8, 4) is 0 Å². The number of H-pyrrole nitrogens is 1. The first-order valence-corrected chi connectivity index (χ1v) is 7.19. The fraction of sp³-hybridized carbons (Fsp3) is 0.231. The number of alkyl halides is 3. The van der Waals surface area contributed by atoms with Crippen molar-refractivity contribution in [3.05, 3.63) is 35.4 Å². The Morgan fingerprint density at radius 2 is 1.88 bits per heavy atom. The lowest BCUT2D eigenvalue weighted by Crippen LogP contribution is -2.16. The van der Waals surface area contributed by atoms with Crippen LogP contribution in [-0.2, 0) is 6.18 Å². The molecule has 24 heavy (non-hydrogen) atoms. The Morgan fingerprint density at radius 3 is 2.58 bits per heavy atom. The molecule has 0 saturated carbocycles. The first-order chi connectivity index (χ1) is 11.4. The van der Waals surface area contributed by atoms with Gasteiger partial charge in [-0.3, -0.25) is 0 Å². The number of aromatic amines is 1. The monoisotopic (exact) mass is 357 g/mol. The average Bonchev–Trinajstić information content (AvgIpc) is 3.04. The maximum absolute atomic E-state index is 12.4. The summed E-state index contributed by atoms with van der Waals surface area (Å²) in [6.45, 7) is 0.843. The third-order valence-electron chi connectivity index (χ3n) is 3.12. The van der Waals surface area contributed by atoms with Gasteiger partial charge >= 0.3 is 6.18 Å². The highest BCUT2D eigenvalue weighted by Crippen LogP contribution is 2.28. The largest absolute Gasteiger partial charge is 0.417 e. The van der Waals surface area contributed by atoms with Gasteiger partial charge in [0.25, 0.3) is 0 Å². The second-order valence-electron chi connectivity index (χ2n) is 4.75. The van der Waals surface area contributed by atoms with Gasteiger partial charge in [0.1, 0.15) is 16.9 Å². The quantitative estimate of drug-likeness (QED) is 0.608. The molecule has 3 rings (SSSR count). The molecule has 0 radical (unpaired) electrons. The lowest BCUT2D eigenvalue weighted by molar-refractivity contribution is -0.137. The van der Waals surface area contributed by atoms with E-state index >= 15 is 0 Å². The van der Waals surface area contributed by atoms with E-state index in [1.165, 1.54) is 12.4 Å². The second-order valence-corrected chi connectivity index (χ2v) is 5.11. The van der Waals surface area contributed by atoms with Gasteiger partial charge in [-0.15, -0.1) is 10.2 Å². The van der Waals surface area contributed by atoms with Crippen LogP contribution in [0, 0.1) is 0 Å². The first-order valence-electron chi connectivity index (χ1n) is 6.81. The van der Waals surface area contributed by atoms with Crippen LogP contribution in [0.1, 0.15) is 5.56 Å². The standard InChI is InChI=1S/C13H11ClF3N7/c14-11-9-10(22-6-21-9)12(24-23-11)19-4-3-18-8-2-1-7(5-20-8)13(15,16)17/h1-2,5-6H,3-4H2,(H,18,20)(H,19,24)(H,21,22). The highest BCUT2D eigenvalue weighted by molar-refractivity contribution is 6.33. The van der Waals surface area contributed by atoms with Crippen LogP contribution in [0.4, 0.5) is 24.8 Å². The molecular weight excluding hydrogens is 347 g/mol. The third kappa shape index (κ3) is 3.48. The smallest absolute Gasteiger partial charge is 0.368 e. The van der Waals surface area contributed by atoms with Crippen LogP contribution < -0.4 is 10.6 Å². The van der Waals surface area contributed by atoms with Gasteiger partial charge in [0, 0.05) is 19.3 Å². The number of aromatic nitrogens is 5. The van der Waals surface area contributed by atoms with Gasteiger partial charge < -0.3 is 15.6 Å². The van der Waals surface area contributed by atoms with E-state index in [0.29, 0.717) is 35.8 Å². The molecule has 3 N–H and O–H groups in total. The molecule has 0 unspecified atom stereocenters. The molecule has 3 aromatic heterocycles. The van der Waals surface area contributed by atoms with Crippen LogP contribution in [0.5, 0.6) is 0 Å². The maximum Gasteiger partial charge on any atom is 0.417 e. The van der Waals surface area contributed by atoms with Gasteiger partial charge in [-0.2, -0.15) is 13.2 Å². The van der Waals surface area contributed by atoms with Crippen molar-refractivity contribution in [3.63, 3.8) is 0 Å². The van der Waals surface area contributed by atoms with E-state index in [4.69, 9.17) is 11.6 Å². The van der Waals surface area contributed by atoms with Crippen LogP contribution in [-0.4, -0.2) is 38.2 Å². The van der Waals surface area contributed by atoms with Crippen molar-refractivity contribution in [2.24, 2.45) is 0 Å². The third-order valence-corrected chi connectivity index (χ3v) is 3.39. The molecule has 11 heteroatoms. The Labute approximate surface area is 138 Å². The SMILES string of the molecule is FC(F)(F)c1ccc(NCCNc2nnc(Cl)c3[nH]cnc23)nc1. The number of hydrogen-bond acceptors (Lipinski definition) is 6. The topological polar surface area (TPSA) is 91.4 Å². The summed E-state index contributed by atoms with van der Waals surface area (Å²) in [6.07, 6.45) is -2.13. The fourth-order valence-corrected chi connectivity index (χ4v) is 2.16. The summed E-state index contributed by atoms with van der Waals surface area (Å²) >= 11 is 5.88. The van der Waals surface area contributed by atoms with E-state index in [2.05, 4.69) is 35.8 Å². The molecule has 3 heterocycles. The maximum atomic E-state index is 12.4. The highest BCUT2D eigenvalue weighted by atomic mass is 35.5. The van der Waals surface area contributed by atoms with Gasteiger partial charge in [0.2, 0.25) is 0 Å². The lowest BCUT2D eigenvalue weighted by Gasteiger charge is -2.09. The molecule has 0 aliphatic rings. The number of fused-ring (bicyclic) bond motifs is 1. The summed E-state index contributed by atoms with van der Waals surface area (Å²) in [5.74, 6) is 0.801. The number of imidazole rings is 1. The molecule has 3 aromatic rings. The molecule has 0 spiro atoms. The molecule has 7 nitrogen and oxygen atoms in total. The van der Waals surface area contributed by atoms with Gasteiger partial charge in [0.15, 0.2) is 11.0 Å². The fourth-order valence-electron chi connectivity index (χ4n) is 1.98. The van der Waals surface area contributed by atoms with Gasteiger partial charge in [0.05, 0.1) is 11.9 Å². The number of nitrogens with one attached hydrogen (secondary N) is 3. The summed E-state index contributed by atoms with van der Waals surface area (Å²) in [7, 11) is 0. The summed E-state index contributed by atoms with van der Waals surface area (Å²) in [5.41, 5.74) is 0.345. The number of pyridine rings is 1. The van der Waals surface area contributed by atoms with Crippen molar-refractivity contribution >= 4 is 34.3 Å². The lowest BCUT2D eigenvalue weighted by atomic mass is 10.3. The Balaban J connectivity index is 1.55. The molecule has 0 aliphatic heterocycles. The summed E-state index contributed by atoms with van der Waals surface area (Å²) in [5, 5.41) is 13.9. The molecule has 0 amide bonds. The Morgan fingerprint density at radius 1 is 1.08 bits per heavy atom. The summed E-state index contributed by atoms with van der Waals surface area (Å²) in [4.78, 5) is 10.7. The molecular formula is C13H11ClF3N7. The van der Waals surface area contributed by atoms with Crippen LogP contribution in [0.3, 0.4) is 0 Å². The molecule has 0 aromatic carbocycles. The second kappa shape index (κ2) is 6.48. The summed E-state index contributed by atoms with van der Waals surface area (Å²) < 4.78 is 37.3. The summed E-state index contributed by atoms with van der Waals surface area (Å²) in [6, 6.07) is 2.25. The minimum absolute atomic E-state index is 0.222. The minimum atomic E-state index is -4.39. The van der Waals surface area contributed by atoms with Crippen molar-refractivity contribution in [1.29, 1.82) is 0 Å². The van der Waals surface area contributed by atoms with Crippen LogP contribution in [0.2, 0.25) is 5.15 Å². The van der Waals surface area contributed by atoms with E-state index in [1.54, 1.807) is 0 Å². The van der Waals surface area contributed by atoms with Gasteiger partial charge in [-0.1, -0.05) is 11.6 Å². The average molecular weight is 358 g/mol. The molecule has 0 bridgehead atoms. The number of rotatable bonds is 5. The van der Waals surface area contributed by atoms with Crippen molar-refractivity contribution < 1.29 is 13.2 Å². The highest BCUT2D eigenvalue weighted by Gasteiger charge is 2.30. The zero-order valence-electron chi connectivity index (χ0n) is 12.0. The van der Waals surface area contributed by atoms with E-state index < -0.39 is 11.7 Å². The Hall–Kier alpha value is -2.62. The Bertz CT molecular complexity index is 832. The Kier molecular flexibility index (Phi) is 4.38. The van der Waals surface area contributed by atoms with Crippen molar-refractivity contribution in [2.45, 2.75) is 6.18 Å². The van der Waals surface area contributed by atoms with Crippen LogP contribution >= 0.6 is 11.6 Å². The minimum Gasteiger partial charge on any atom is -0.368 e. The van der Waals surface area contributed by atoms with Gasteiger partial charge in [-0.05, 0) is 12.1 Å². The van der Waals surface area contributed by atoms with Crippen molar-refractivity contribution in [2.75, 3.05) is 23.7 Å². The van der Waals surface area contributed by atoms with E-state index in [0.717, 1.165) is 12.3 Å². The predicted octanol–water partition coefficient (Wildman–Crippen LogP) is 2.94. The zero-order valence-corrected chi connectivity index (χ0v) is 12.8. The zero-order chi connectivity index (χ0) is 17.2. The molecule has 0 atom stereocenters. The van der Waals surface area contributed by atoms with E-state index in [1.807, 2.05) is 0 Å². The molecule has 0 fully saturated rings. The molecule has 0 aliphatic carbocycles. The van der Waals surface area contributed by atoms with Crippen molar-refractivity contribution in [1.82, 2.24) is 25.1 Å². The number of halogens is 4. The predicted molar refractivity (Wildman–Crippen MR) is 82.9 cm³/mol. The van der Waals surface area contributed by atoms with Gasteiger partial charge in [-0.25, -0.2) is 9.97 Å². The number of nitrogens with zero attached hydrogens (tertiary/aromatic N) is 4. The first kappa shape index (κ1) is 16.2. The van der Waals surface area contributed by atoms with Crippen LogP contribution in [0.15, 0.2) is 24.7 Å².